The Morgan fingerprint density at radius 1 is 0.370 bits per heavy atom. The van der Waals surface area contributed by atoms with Crippen LogP contribution in [0.5, 0.6) is 0 Å². The summed E-state index contributed by atoms with van der Waals surface area (Å²) in [5.41, 5.74) is 11.2. The van der Waals surface area contributed by atoms with E-state index in [0.29, 0.717) is 0 Å². The maximum absolute atomic E-state index is 2.41. The van der Waals surface area contributed by atoms with Crippen LogP contribution >= 0.6 is 11.8 Å². The summed E-state index contributed by atoms with van der Waals surface area (Å²) in [5.74, 6) is 0. The van der Waals surface area contributed by atoms with E-state index in [1.165, 1.54) is 92.2 Å². The molecule has 1 aliphatic rings. The number of nitrogens with zero attached hydrogens (tertiary/aromatic N) is 1. The largest absolute Gasteiger partial charge is 0.309 e. The molecule has 0 bridgehead atoms. The lowest BCUT2D eigenvalue weighted by Crippen LogP contribution is -1.94. The number of hydrogen-bond acceptors (Lipinski definition) is 1. The van der Waals surface area contributed by atoms with E-state index in [9.17, 15) is 0 Å². The van der Waals surface area contributed by atoms with Gasteiger partial charge in [0.25, 0.3) is 0 Å². The van der Waals surface area contributed by atoms with Crippen LogP contribution in [0.3, 0.4) is 0 Å². The van der Waals surface area contributed by atoms with Crippen LogP contribution in [0.15, 0.2) is 174 Å². The number of hydrogen-bond donors (Lipinski definition) is 0. The third-order valence-electron chi connectivity index (χ3n) is 9.57. The molecule has 2 heterocycles. The van der Waals surface area contributed by atoms with E-state index in [-0.39, 0.29) is 0 Å². The second-order valence-electron chi connectivity index (χ2n) is 12.1. The molecule has 0 fully saturated rings. The Balaban J connectivity index is 1.19. The Kier molecular flexibility index (Phi) is 5.58. The second kappa shape index (κ2) is 9.97. The van der Waals surface area contributed by atoms with E-state index < -0.39 is 0 Å². The molecule has 10 rings (SSSR count). The number of benzene rings is 8. The van der Waals surface area contributed by atoms with E-state index in [4.69, 9.17) is 0 Å². The second-order valence-corrected chi connectivity index (χ2v) is 13.2. The van der Waals surface area contributed by atoms with Crippen molar-refractivity contribution in [3.63, 3.8) is 0 Å². The van der Waals surface area contributed by atoms with E-state index in [1.807, 2.05) is 11.8 Å². The summed E-state index contributed by atoms with van der Waals surface area (Å²) < 4.78 is 2.41. The molecule has 214 valence electrons. The van der Waals surface area contributed by atoms with Crippen molar-refractivity contribution in [3.8, 4) is 39.1 Å². The monoisotopic (exact) mass is 601 g/mol. The van der Waals surface area contributed by atoms with Gasteiger partial charge in [0.05, 0.1) is 11.0 Å². The van der Waals surface area contributed by atoms with E-state index in [1.54, 1.807) is 0 Å². The van der Waals surface area contributed by atoms with E-state index in [2.05, 4.69) is 168 Å². The summed E-state index contributed by atoms with van der Waals surface area (Å²) in [5, 5.41) is 7.78. The first-order chi connectivity index (χ1) is 22.8. The number of rotatable bonds is 3. The van der Waals surface area contributed by atoms with Crippen LogP contribution in [0.4, 0.5) is 0 Å². The SMILES string of the molecule is c1ccc(-n2c3ccc(-c4ccccc4-c4ccc5c(c4)-c4cccc6cccc(c46)S5)cc3c3c4ccccc4ccc32)cc1. The van der Waals surface area contributed by atoms with Crippen LogP contribution in [0.25, 0.3) is 82.4 Å². The average molecular weight is 602 g/mol. The Morgan fingerprint density at radius 3 is 1.91 bits per heavy atom. The quantitative estimate of drug-likeness (QED) is 0.195. The topological polar surface area (TPSA) is 4.93 Å². The maximum Gasteiger partial charge on any atom is 0.0547 e. The van der Waals surface area contributed by atoms with E-state index in [0.717, 1.165) is 0 Å². The normalized spacial score (nSPS) is 12.3. The molecule has 0 aliphatic carbocycles. The molecular formula is C44H27NS. The molecule has 0 radical (unpaired) electrons. The predicted molar refractivity (Wildman–Crippen MR) is 196 cm³/mol. The van der Waals surface area contributed by atoms with Gasteiger partial charge in [-0.1, -0.05) is 127 Å². The number of aromatic nitrogens is 1. The fraction of sp³-hybridized carbons (Fsp3) is 0. The zero-order valence-electron chi connectivity index (χ0n) is 24.9. The molecule has 8 aromatic carbocycles. The fourth-order valence-corrected chi connectivity index (χ4v) is 8.66. The predicted octanol–water partition coefficient (Wildman–Crippen LogP) is 12.6. The third kappa shape index (κ3) is 3.77. The van der Waals surface area contributed by atoms with Gasteiger partial charge >= 0.3 is 0 Å². The summed E-state index contributed by atoms with van der Waals surface area (Å²) in [7, 11) is 0. The molecule has 2 heteroatoms. The Hall–Kier alpha value is -5.57. The van der Waals surface area contributed by atoms with Gasteiger partial charge in [0, 0.05) is 31.6 Å². The van der Waals surface area contributed by atoms with Crippen molar-refractivity contribution in [2.75, 3.05) is 0 Å². The highest BCUT2D eigenvalue weighted by atomic mass is 32.2. The first kappa shape index (κ1) is 25.7. The minimum atomic E-state index is 1.18. The lowest BCUT2D eigenvalue weighted by Gasteiger charge is -2.21. The van der Waals surface area contributed by atoms with Crippen LogP contribution in [-0.2, 0) is 0 Å². The maximum atomic E-state index is 2.41. The summed E-state index contributed by atoms with van der Waals surface area (Å²) in [4.78, 5) is 2.65. The smallest absolute Gasteiger partial charge is 0.0547 e. The van der Waals surface area contributed by atoms with Gasteiger partial charge in [0.1, 0.15) is 0 Å². The van der Waals surface area contributed by atoms with E-state index >= 15 is 0 Å². The van der Waals surface area contributed by atoms with Crippen molar-refractivity contribution >= 4 is 55.1 Å². The van der Waals surface area contributed by atoms with Gasteiger partial charge in [-0.15, -0.1) is 0 Å². The van der Waals surface area contributed by atoms with Crippen molar-refractivity contribution in [3.05, 3.63) is 164 Å². The van der Waals surface area contributed by atoms with Gasteiger partial charge in [-0.25, -0.2) is 0 Å². The molecule has 0 unspecified atom stereocenters. The summed E-state index contributed by atoms with van der Waals surface area (Å²) in [6, 6.07) is 60.2. The van der Waals surface area contributed by atoms with Gasteiger partial charge in [-0.05, 0) is 98.1 Å². The van der Waals surface area contributed by atoms with Crippen molar-refractivity contribution in [2.24, 2.45) is 0 Å². The molecule has 1 aliphatic heterocycles. The summed E-state index contributed by atoms with van der Waals surface area (Å²) in [6.07, 6.45) is 0. The molecule has 0 amide bonds. The lowest BCUT2D eigenvalue weighted by atomic mass is 9.90. The number of para-hydroxylation sites is 1. The first-order valence-electron chi connectivity index (χ1n) is 15.8. The molecule has 9 aromatic rings. The highest BCUT2D eigenvalue weighted by molar-refractivity contribution is 7.99. The van der Waals surface area contributed by atoms with Crippen molar-refractivity contribution < 1.29 is 0 Å². The summed E-state index contributed by atoms with van der Waals surface area (Å²) >= 11 is 1.88. The molecule has 0 saturated carbocycles. The Bertz CT molecular complexity index is 2660. The zero-order chi connectivity index (χ0) is 30.2. The number of fused-ring (bicyclic) bond motifs is 7. The first-order valence-corrected chi connectivity index (χ1v) is 16.6. The van der Waals surface area contributed by atoms with Crippen LogP contribution in [0, 0.1) is 0 Å². The van der Waals surface area contributed by atoms with Gasteiger partial charge in [0.2, 0.25) is 0 Å². The molecule has 1 aromatic heterocycles. The molecule has 46 heavy (non-hydrogen) atoms. The van der Waals surface area contributed by atoms with Crippen molar-refractivity contribution in [1.29, 1.82) is 0 Å². The molecular weight excluding hydrogens is 575 g/mol. The molecule has 0 spiro atoms. The highest BCUT2D eigenvalue weighted by Crippen LogP contribution is 2.49. The molecule has 1 nitrogen and oxygen atoms in total. The fourth-order valence-electron chi connectivity index (χ4n) is 7.53. The van der Waals surface area contributed by atoms with Gasteiger partial charge in [-0.2, -0.15) is 0 Å². The Labute approximate surface area is 271 Å². The van der Waals surface area contributed by atoms with Crippen molar-refractivity contribution in [2.45, 2.75) is 9.79 Å². The molecule has 0 saturated heterocycles. The lowest BCUT2D eigenvalue weighted by molar-refractivity contribution is 1.18. The average Bonchev–Trinajstić information content (AvgIpc) is 3.46. The zero-order valence-corrected chi connectivity index (χ0v) is 25.8. The minimum absolute atomic E-state index is 1.18. The summed E-state index contributed by atoms with van der Waals surface area (Å²) in [6.45, 7) is 0. The van der Waals surface area contributed by atoms with Crippen molar-refractivity contribution in [1.82, 2.24) is 4.57 Å². The minimum Gasteiger partial charge on any atom is -0.309 e. The Morgan fingerprint density at radius 2 is 1.04 bits per heavy atom. The van der Waals surface area contributed by atoms with Crippen LogP contribution in [-0.4, -0.2) is 4.57 Å². The standard InChI is InChI=1S/C44H27NS/c1-2-13-32(14-3-1)45-39-23-21-30(27-38(39)44-35-17-5-4-10-28(35)20-24-40(44)45)33-15-6-7-16-34(33)31-22-25-41-37(26-31)36-18-8-11-29-12-9-19-42(46-41)43(29)36/h1-27H. The van der Waals surface area contributed by atoms with Crippen LogP contribution < -0.4 is 0 Å². The molecule has 0 atom stereocenters. The van der Waals surface area contributed by atoms with Crippen LogP contribution in [0.2, 0.25) is 0 Å². The third-order valence-corrected chi connectivity index (χ3v) is 10.7. The van der Waals surface area contributed by atoms with Gasteiger partial charge in [-0.3, -0.25) is 0 Å². The molecule has 0 N–H and O–H groups in total. The van der Waals surface area contributed by atoms with Gasteiger partial charge < -0.3 is 4.57 Å². The van der Waals surface area contributed by atoms with Crippen LogP contribution in [0.1, 0.15) is 0 Å². The highest BCUT2D eigenvalue weighted by Gasteiger charge is 2.21. The van der Waals surface area contributed by atoms with Gasteiger partial charge in [0.15, 0.2) is 0 Å².